The lowest BCUT2D eigenvalue weighted by atomic mass is 9.98. The molecule has 0 saturated carbocycles. The summed E-state index contributed by atoms with van der Waals surface area (Å²) in [5.41, 5.74) is 1.29. The van der Waals surface area contributed by atoms with Crippen LogP contribution in [0.3, 0.4) is 0 Å². The first kappa shape index (κ1) is 24.4. The molecule has 5 nitrogen and oxygen atoms in total. The van der Waals surface area contributed by atoms with Gasteiger partial charge in [0.05, 0.1) is 6.61 Å². The molecule has 0 aliphatic heterocycles. The van der Waals surface area contributed by atoms with Crippen molar-refractivity contribution in [1.29, 1.82) is 0 Å². The highest BCUT2D eigenvalue weighted by Gasteiger charge is 2.35. The normalized spacial score (nSPS) is 12.5. The quantitative estimate of drug-likeness (QED) is 0.347. The molecule has 0 aliphatic carbocycles. The van der Waals surface area contributed by atoms with Gasteiger partial charge in [0, 0.05) is 17.6 Å². The number of hydrogen-bond acceptors (Lipinski definition) is 5. The van der Waals surface area contributed by atoms with Crippen LogP contribution in [-0.4, -0.2) is 16.6 Å². The lowest BCUT2D eigenvalue weighted by Crippen LogP contribution is -2.12. The standard InChI is InChI=1S/C25H29F3N4O/c1-5-17(4)18-7-6-8-20(13-18)30-23-22(25(26,27)28)14-29-24(32-23)31-19-9-11-21(12-10-19)33-15-16(2)3/h6-14,16-17H,5,15H2,1-4H3,(H2,29,30,31,32). The van der Waals surface area contributed by atoms with Crippen LogP contribution in [0.2, 0.25) is 0 Å². The van der Waals surface area contributed by atoms with Crippen LogP contribution >= 0.6 is 0 Å². The van der Waals surface area contributed by atoms with Crippen LogP contribution in [0.15, 0.2) is 54.7 Å². The van der Waals surface area contributed by atoms with Gasteiger partial charge in [-0.15, -0.1) is 0 Å². The van der Waals surface area contributed by atoms with Gasteiger partial charge in [-0.25, -0.2) is 4.98 Å². The summed E-state index contributed by atoms with van der Waals surface area (Å²) in [5.74, 6) is 1.16. The molecule has 0 fully saturated rings. The highest BCUT2D eigenvalue weighted by molar-refractivity contribution is 5.63. The number of aromatic nitrogens is 2. The summed E-state index contributed by atoms with van der Waals surface area (Å²) in [5, 5.41) is 5.78. The largest absolute Gasteiger partial charge is 0.493 e. The highest BCUT2D eigenvalue weighted by Crippen LogP contribution is 2.36. The molecule has 0 radical (unpaired) electrons. The number of anilines is 4. The molecule has 1 atom stereocenters. The van der Waals surface area contributed by atoms with E-state index in [2.05, 4.69) is 48.3 Å². The van der Waals surface area contributed by atoms with Crippen molar-refractivity contribution >= 4 is 23.1 Å². The molecule has 3 rings (SSSR count). The maximum Gasteiger partial charge on any atom is 0.421 e. The molecule has 0 bridgehead atoms. The van der Waals surface area contributed by atoms with E-state index in [1.54, 1.807) is 30.3 Å². The topological polar surface area (TPSA) is 59.1 Å². The summed E-state index contributed by atoms with van der Waals surface area (Å²) in [6.07, 6.45) is -2.87. The third-order valence-electron chi connectivity index (χ3n) is 5.12. The number of nitrogens with zero attached hydrogens (tertiary/aromatic N) is 2. The summed E-state index contributed by atoms with van der Waals surface area (Å²) in [6, 6.07) is 14.4. The van der Waals surface area contributed by atoms with Crippen LogP contribution < -0.4 is 15.4 Å². The molecular formula is C25H29F3N4O. The Morgan fingerprint density at radius 2 is 1.70 bits per heavy atom. The molecule has 3 aromatic rings. The van der Waals surface area contributed by atoms with Crippen LogP contribution in [0.5, 0.6) is 5.75 Å². The minimum atomic E-state index is -4.59. The third kappa shape index (κ3) is 6.84. The lowest BCUT2D eigenvalue weighted by molar-refractivity contribution is -0.137. The van der Waals surface area contributed by atoms with E-state index in [1.807, 2.05) is 18.2 Å². The fraction of sp³-hybridized carbons (Fsp3) is 0.360. The van der Waals surface area contributed by atoms with Crippen molar-refractivity contribution < 1.29 is 17.9 Å². The highest BCUT2D eigenvalue weighted by atomic mass is 19.4. The van der Waals surface area contributed by atoms with Crippen LogP contribution in [-0.2, 0) is 6.18 Å². The number of benzene rings is 2. The number of halogens is 3. The molecule has 8 heteroatoms. The van der Waals surface area contributed by atoms with E-state index in [0.717, 1.165) is 18.2 Å². The van der Waals surface area contributed by atoms with Crippen LogP contribution in [0.1, 0.15) is 51.2 Å². The second kappa shape index (κ2) is 10.6. The molecule has 2 N–H and O–H groups in total. The number of hydrogen-bond donors (Lipinski definition) is 2. The Kier molecular flexibility index (Phi) is 7.79. The minimum absolute atomic E-state index is 0.0550. The summed E-state index contributed by atoms with van der Waals surface area (Å²) in [7, 11) is 0. The van der Waals surface area contributed by atoms with Crippen molar-refractivity contribution in [3.63, 3.8) is 0 Å². The van der Waals surface area contributed by atoms with E-state index in [9.17, 15) is 13.2 Å². The van der Waals surface area contributed by atoms with Crippen LogP contribution in [0, 0.1) is 5.92 Å². The van der Waals surface area contributed by atoms with E-state index in [1.165, 1.54) is 0 Å². The molecule has 0 aliphatic rings. The lowest BCUT2D eigenvalue weighted by Gasteiger charge is -2.16. The Bertz CT molecular complexity index is 1050. The van der Waals surface area contributed by atoms with Crippen molar-refractivity contribution in [3.05, 3.63) is 65.9 Å². The van der Waals surface area contributed by atoms with E-state index in [4.69, 9.17) is 4.74 Å². The fourth-order valence-corrected chi connectivity index (χ4v) is 3.07. The van der Waals surface area contributed by atoms with Gasteiger partial charge in [0.25, 0.3) is 0 Å². The molecule has 1 aromatic heterocycles. The van der Waals surface area contributed by atoms with Gasteiger partial charge >= 0.3 is 6.18 Å². The minimum Gasteiger partial charge on any atom is -0.493 e. The summed E-state index contributed by atoms with van der Waals surface area (Å²) in [6.45, 7) is 8.86. The number of alkyl halides is 3. The number of rotatable bonds is 9. The van der Waals surface area contributed by atoms with E-state index in [0.29, 0.717) is 35.6 Å². The van der Waals surface area contributed by atoms with Crippen molar-refractivity contribution in [2.75, 3.05) is 17.2 Å². The first-order valence-electron chi connectivity index (χ1n) is 11.0. The Balaban J connectivity index is 1.83. The predicted molar refractivity (Wildman–Crippen MR) is 126 cm³/mol. The average Bonchev–Trinajstić information content (AvgIpc) is 2.77. The van der Waals surface area contributed by atoms with Gasteiger partial charge < -0.3 is 15.4 Å². The molecule has 1 unspecified atom stereocenters. The Morgan fingerprint density at radius 1 is 0.970 bits per heavy atom. The van der Waals surface area contributed by atoms with Gasteiger partial charge in [0.2, 0.25) is 5.95 Å². The zero-order valence-electron chi connectivity index (χ0n) is 19.2. The van der Waals surface area contributed by atoms with E-state index >= 15 is 0 Å². The molecule has 0 saturated heterocycles. The van der Waals surface area contributed by atoms with Gasteiger partial charge in [0.15, 0.2) is 0 Å². The van der Waals surface area contributed by atoms with Crippen molar-refractivity contribution in [1.82, 2.24) is 9.97 Å². The zero-order valence-corrected chi connectivity index (χ0v) is 19.2. The number of ether oxygens (including phenoxy) is 1. The van der Waals surface area contributed by atoms with Crippen LogP contribution in [0.25, 0.3) is 0 Å². The SMILES string of the molecule is CCC(C)c1cccc(Nc2nc(Nc3ccc(OCC(C)C)cc3)ncc2C(F)(F)F)c1. The zero-order chi connectivity index (χ0) is 24.0. The van der Waals surface area contributed by atoms with Gasteiger partial charge in [0.1, 0.15) is 17.1 Å². The molecule has 0 spiro atoms. The van der Waals surface area contributed by atoms with Crippen molar-refractivity contribution in [2.24, 2.45) is 5.92 Å². The Morgan fingerprint density at radius 3 is 2.33 bits per heavy atom. The molecule has 176 valence electrons. The Hall–Kier alpha value is -3.29. The van der Waals surface area contributed by atoms with E-state index < -0.39 is 11.7 Å². The van der Waals surface area contributed by atoms with Crippen molar-refractivity contribution in [2.45, 2.75) is 46.2 Å². The predicted octanol–water partition coefficient (Wildman–Crippen LogP) is 7.53. The van der Waals surface area contributed by atoms with Gasteiger partial charge in [-0.05, 0) is 60.2 Å². The van der Waals surface area contributed by atoms with Gasteiger partial charge in [-0.2, -0.15) is 18.2 Å². The second-order valence-electron chi connectivity index (χ2n) is 8.37. The summed E-state index contributed by atoms with van der Waals surface area (Å²) in [4.78, 5) is 7.99. The molecule has 1 heterocycles. The maximum absolute atomic E-state index is 13.6. The van der Waals surface area contributed by atoms with Crippen LogP contribution in [0.4, 0.5) is 36.3 Å². The van der Waals surface area contributed by atoms with E-state index in [-0.39, 0.29) is 11.8 Å². The molecular weight excluding hydrogens is 429 g/mol. The summed E-state index contributed by atoms with van der Waals surface area (Å²) >= 11 is 0. The molecule has 0 amide bonds. The first-order valence-corrected chi connectivity index (χ1v) is 11.0. The fourth-order valence-electron chi connectivity index (χ4n) is 3.07. The van der Waals surface area contributed by atoms with Gasteiger partial charge in [-0.3, -0.25) is 0 Å². The first-order chi connectivity index (χ1) is 15.7. The smallest absolute Gasteiger partial charge is 0.421 e. The Labute approximate surface area is 192 Å². The van der Waals surface area contributed by atoms with Gasteiger partial charge in [-0.1, -0.05) is 39.8 Å². The summed E-state index contributed by atoms with van der Waals surface area (Å²) < 4.78 is 46.4. The number of nitrogens with one attached hydrogen (secondary N) is 2. The average molecular weight is 459 g/mol. The third-order valence-corrected chi connectivity index (χ3v) is 5.12. The second-order valence-corrected chi connectivity index (χ2v) is 8.37. The molecule has 33 heavy (non-hydrogen) atoms. The monoisotopic (exact) mass is 458 g/mol. The molecule has 2 aromatic carbocycles. The van der Waals surface area contributed by atoms with Crippen molar-refractivity contribution in [3.8, 4) is 5.75 Å². The maximum atomic E-state index is 13.6.